The zero-order valence-electron chi connectivity index (χ0n) is 18.4. The molecular formula is C26H25N3O3S. The lowest BCUT2D eigenvalue weighted by Crippen LogP contribution is -2.53. The predicted molar refractivity (Wildman–Crippen MR) is 131 cm³/mol. The van der Waals surface area contributed by atoms with Gasteiger partial charge in [-0.2, -0.15) is 0 Å². The molecule has 5 rings (SSSR count). The maximum absolute atomic E-state index is 12.6. The second kappa shape index (κ2) is 9.50. The minimum atomic E-state index is -0.0139. The lowest BCUT2D eigenvalue weighted by atomic mass is 10.00. The van der Waals surface area contributed by atoms with Crippen LogP contribution in [0.1, 0.15) is 11.1 Å². The summed E-state index contributed by atoms with van der Waals surface area (Å²) in [7, 11) is 1.65. The Kier molecular flexibility index (Phi) is 6.13. The lowest BCUT2D eigenvalue weighted by Gasteiger charge is -2.37. The second-order valence-corrected chi connectivity index (χ2v) is 9.08. The Hall–Kier alpha value is -3.58. The molecule has 6 nitrogen and oxygen atoms in total. The van der Waals surface area contributed by atoms with Crippen LogP contribution in [0.25, 0.3) is 10.2 Å². The van der Waals surface area contributed by atoms with Gasteiger partial charge >= 0.3 is 0 Å². The molecular weight excluding hydrogens is 434 g/mol. The monoisotopic (exact) mass is 459 g/mol. The van der Waals surface area contributed by atoms with Crippen LogP contribution in [0.5, 0.6) is 11.5 Å². The van der Waals surface area contributed by atoms with Gasteiger partial charge in [0, 0.05) is 25.7 Å². The topological polar surface area (TPSA) is 63.7 Å². The molecule has 1 aromatic heterocycles. The summed E-state index contributed by atoms with van der Waals surface area (Å²) in [5.74, 6) is 1.69. The first kappa shape index (κ1) is 21.3. The summed E-state index contributed by atoms with van der Waals surface area (Å²) in [5, 5.41) is 4.00. The van der Waals surface area contributed by atoms with E-state index in [2.05, 4.69) is 10.2 Å². The van der Waals surface area contributed by atoms with Crippen molar-refractivity contribution in [2.45, 2.75) is 13.2 Å². The largest absolute Gasteiger partial charge is 0.497 e. The van der Waals surface area contributed by atoms with Gasteiger partial charge < -0.3 is 19.7 Å². The maximum atomic E-state index is 12.6. The van der Waals surface area contributed by atoms with E-state index < -0.39 is 0 Å². The highest BCUT2D eigenvalue weighted by molar-refractivity contribution is 7.22. The van der Waals surface area contributed by atoms with E-state index in [9.17, 15) is 4.79 Å². The van der Waals surface area contributed by atoms with E-state index in [-0.39, 0.29) is 11.8 Å². The fraction of sp³-hybridized carbons (Fsp3) is 0.231. The van der Waals surface area contributed by atoms with Crippen LogP contribution in [-0.2, 0) is 17.9 Å². The number of nitrogens with zero attached hydrogens (tertiary/aromatic N) is 2. The zero-order valence-corrected chi connectivity index (χ0v) is 19.2. The number of benzene rings is 3. The van der Waals surface area contributed by atoms with Gasteiger partial charge in [0.15, 0.2) is 5.13 Å². The number of rotatable bonds is 8. The summed E-state index contributed by atoms with van der Waals surface area (Å²) in [6, 6.07) is 23.9. The predicted octanol–water partition coefficient (Wildman–Crippen LogP) is 4.64. The summed E-state index contributed by atoms with van der Waals surface area (Å²) in [5.41, 5.74) is 3.11. The van der Waals surface area contributed by atoms with Crippen LogP contribution in [0.4, 0.5) is 5.13 Å². The van der Waals surface area contributed by atoms with E-state index in [1.165, 1.54) is 0 Å². The van der Waals surface area contributed by atoms with Gasteiger partial charge in [-0.15, -0.1) is 0 Å². The molecule has 1 amide bonds. The Balaban J connectivity index is 1.08. The fourth-order valence-corrected chi connectivity index (χ4v) is 4.70. The first-order valence-corrected chi connectivity index (χ1v) is 11.7. The third kappa shape index (κ3) is 4.93. The molecule has 168 valence electrons. The highest BCUT2D eigenvalue weighted by atomic mass is 32.1. The first-order valence-electron chi connectivity index (χ1n) is 10.9. The summed E-state index contributed by atoms with van der Waals surface area (Å²) in [4.78, 5) is 19.4. The van der Waals surface area contributed by atoms with E-state index in [4.69, 9.17) is 14.5 Å². The molecule has 2 heterocycles. The average Bonchev–Trinajstić information content (AvgIpc) is 3.24. The number of hydrogen-bond donors (Lipinski definition) is 1. The molecule has 0 radical (unpaired) electrons. The van der Waals surface area contributed by atoms with Gasteiger partial charge in [0.1, 0.15) is 18.1 Å². The molecule has 0 atom stereocenters. The van der Waals surface area contributed by atoms with Crippen molar-refractivity contribution in [1.82, 2.24) is 10.3 Å². The molecule has 7 heteroatoms. The van der Waals surface area contributed by atoms with Gasteiger partial charge in [-0.25, -0.2) is 4.98 Å². The SMILES string of the molecule is COc1ccc2sc(N3CC(C(=O)NCc4ccc(OCc5ccccc5)cc4)C3)nc2c1. The first-order chi connectivity index (χ1) is 16.2. The number of thiazole rings is 1. The fourth-order valence-electron chi connectivity index (χ4n) is 3.74. The van der Waals surface area contributed by atoms with E-state index >= 15 is 0 Å². The van der Waals surface area contributed by atoms with Crippen LogP contribution in [0.2, 0.25) is 0 Å². The van der Waals surface area contributed by atoms with Crippen LogP contribution >= 0.6 is 11.3 Å². The molecule has 0 spiro atoms. The minimum Gasteiger partial charge on any atom is -0.497 e. The Morgan fingerprint density at radius 3 is 2.55 bits per heavy atom. The van der Waals surface area contributed by atoms with E-state index in [0.29, 0.717) is 26.2 Å². The van der Waals surface area contributed by atoms with Crippen LogP contribution < -0.4 is 19.7 Å². The van der Waals surface area contributed by atoms with E-state index in [1.807, 2.05) is 72.8 Å². The van der Waals surface area contributed by atoms with Crippen molar-refractivity contribution in [1.29, 1.82) is 0 Å². The summed E-state index contributed by atoms with van der Waals surface area (Å²) >= 11 is 1.64. The number of aromatic nitrogens is 1. The van der Waals surface area contributed by atoms with Crippen molar-refractivity contribution in [3.05, 3.63) is 83.9 Å². The molecule has 0 bridgehead atoms. The molecule has 1 N–H and O–H groups in total. The second-order valence-electron chi connectivity index (χ2n) is 8.07. The molecule has 0 aliphatic carbocycles. The molecule has 3 aromatic carbocycles. The average molecular weight is 460 g/mol. The summed E-state index contributed by atoms with van der Waals surface area (Å²) in [6.07, 6.45) is 0. The van der Waals surface area contributed by atoms with Gasteiger partial charge in [-0.1, -0.05) is 53.8 Å². The van der Waals surface area contributed by atoms with E-state index in [0.717, 1.165) is 38.0 Å². The van der Waals surface area contributed by atoms with Gasteiger partial charge in [-0.3, -0.25) is 4.79 Å². The van der Waals surface area contributed by atoms with Gasteiger partial charge in [0.2, 0.25) is 5.91 Å². The molecule has 1 aliphatic heterocycles. The third-order valence-corrected chi connectivity index (χ3v) is 6.84. The molecule has 4 aromatic rings. The van der Waals surface area contributed by atoms with Gasteiger partial charge in [0.05, 0.1) is 23.2 Å². The van der Waals surface area contributed by atoms with E-state index in [1.54, 1.807) is 18.4 Å². The number of methoxy groups -OCH3 is 1. The Morgan fingerprint density at radius 2 is 1.79 bits per heavy atom. The van der Waals surface area contributed by atoms with Crippen molar-refractivity contribution >= 4 is 32.6 Å². The number of nitrogens with one attached hydrogen (secondary N) is 1. The zero-order chi connectivity index (χ0) is 22.6. The van der Waals surface area contributed by atoms with Crippen molar-refractivity contribution in [3.8, 4) is 11.5 Å². The number of ether oxygens (including phenoxy) is 2. The van der Waals surface area contributed by atoms with Crippen molar-refractivity contribution < 1.29 is 14.3 Å². The maximum Gasteiger partial charge on any atom is 0.226 e. The lowest BCUT2D eigenvalue weighted by molar-refractivity contribution is -0.125. The molecule has 33 heavy (non-hydrogen) atoms. The number of fused-ring (bicyclic) bond motifs is 1. The quantitative estimate of drug-likeness (QED) is 0.416. The highest BCUT2D eigenvalue weighted by Gasteiger charge is 2.34. The summed E-state index contributed by atoms with van der Waals surface area (Å²) in [6.45, 7) is 2.43. The van der Waals surface area contributed by atoms with Crippen molar-refractivity contribution in [2.75, 3.05) is 25.1 Å². The molecule has 0 saturated carbocycles. The van der Waals surface area contributed by atoms with Crippen LogP contribution in [-0.4, -0.2) is 31.1 Å². The number of hydrogen-bond acceptors (Lipinski definition) is 6. The Morgan fingerprint density at radius 1 is 1.03 bits per heavy atom. The standard InChI is InChI=1S/C26H25N3O3S/c1-31-22-11-12-24-23(13-22)28-26(33-24)29-15-20(16-29)25(30)27-14-18-7-9-21(10-8-18)32-17-19-5-3-2-4-6-19/h2-13,20H,14-17H2,1H3,(H,27,30). The van der Waals surface area contributed by atoms with Crippen LogP contribution in [0.15, 0.2) is 72.8 Å². The molecule has 1 fully saturated rings. The summed E-state index contributed by atoms with van der Waals surface area (Å²) < 4.78 is 12.2. The number of carbonyl (C=O) groups is 1. The minimum absolute atomic E-state index is 0.0139. The van der Waals surface area contributed by atoms with Crippen LogP contribution in [0.3, 0.4) is 0 Å². The highest BCUT2D eigenvalue weighted by Crippen LogP contribution is 2.34. The van der Waals surface area contributed by atoms with Gasteiger partial charge in [0.25, 0.3) is 0 Å². The normalized spacial score (nSPS) is 13.5. The Bertz CT molecular complexity index is 1230. The van der Waals surface area contributed by atoms with Gasteiger partial charge in [-0.05, 0) is 35.4 Å². The number of carbonyl (C=O) groups excluding carboxylic acids is 1. The smallest absolute Gasteiger partial charge is 0.226 e. The third-order valence-electron chi connectivity index (χ3n) is 5.74. The molecule has 1 saturated heterocycles. The van der Waals surface area contributed by atoms with Crippen LogP contribution in [0, 0.1) is 5.92 Å². The van der Waals surface area contributed by atoms with Crippen molar-refractivity contribution in [3.63, 3.8) is 0 Å². The number of anilines is 1. The number of amides is 1. The van der Waals surface area contributed by atoms with Crippen molar-refractivity contribution in [2.24, 2.45) is 5.92 Å². The molecule has 1 aliphatic rings. The Labute approximate surface area is 196 Å². The molecule has 0 unspecified atom stereocenters.